The predicted molar refractivity (Wildman–Crippen MR) is 114 cm³/mol. The lowest BCUT2D eigenvalue weighted by Crippen LogP contribution is -2.44. The summed E-state index contributed by atoms with van der Waals surface area (Å²) in [5, 5.41) is 0.117. The highest BCUT2D eigenvalue weighted by molar-refractivity contribution is 7.89. The van der Waals surface area contributed by atoms with Gasteiger partial charge in [-0.1, -0.05) is 0 Å². The van der Waals surface area contributed by atoms with Crippen molar-refractivity contribution in [2.24, 2.45) is 0 Å². The second-order valence-electron chi connectivity index (χ2n) is 7.20. The van der Waals surface area contributed by atoms with Crippen LogP contribution in [-0.2, 0) is 10.0 Å². The SMILES string of the molecule is COc1ccc(N2CCC(NS(=O)(=O)c3ccc4[nH]c(=O)[nH]c(=O)c4c3)CC2)cc1. The Kier molecular flexibility index (Phi) is 5.35. The van der Waals surface area contributed by atoms with Crippen LogP contribution in [0.5, 0.6) is 5.75 Å². The van der Waals surface area contributed by atoms with Gasteiger partial charge in [0, 0.05) is 24.8 Å². The van der Waals surface area contributed by atoms with Gasteiger partial charge in [0.15, 0.2) is 0 Å². The summed E-state index contributed by atoms with van der Waals surface area (Å²) in [5.41, 5.74) is 0.0961. The van der Waals surface area contributed by atoms with Gasteiger partial charge in [-0.2, -0.15) is 0 Å². The van der Waals surface area contributed by atoms with Gasteiger partial charge >= 0.3 is 5.69 Å². The molecule has 2 aromatic carbocycles. The number of methoxy groups -OCH3 is 1. The zero-order valence-electron chi connectivity index (χ0n) is 16.3. The third-order valence-electron chi connectivity index (χ3n) is 5.28. The highest BCUT2D eigenvalue weighted by atomic mass is 32.2. The van der Waals surface area contributed by atoms with E-state index < -0.39 is 21.3 Å². The van der Waals surface area contributed by atoms with Gasteiger partial charge in [0.25, 0.3) is 5.56 Å². The first kappa shape index (κ1) is 20.2. The second-order valence-corrected chi connectivity index (χ2v) is 8.91. The molecule has 1 fully saturated rings. The number of piperidine rings is 1. The quantitative estimate of drug-likeness (QED) is 0.558. The molecule has 3 N–H and O–H groups in total. The molecule has 1 aromatic heterocycles. The summed E-state index contributed by atoms with van der Waals surface area (Å²) in [7, 11) is -2.18. The number of aromatic amines is 2. The fourth-order valence-electron chi connectivity index (χ4n) is 3.65. The Morgan fingerprint density at radius 2 is 1.73 bits per heavy atom. The van der Waals surface area contributed by atoms with Crippen LogP contribution in [0.3, 0.4) is 0 Å². The topological polar surface area (TPSA) is 124 Å². The van der Waals surface area contributed by atoms with Crippen molar-refractivity contribution in [1.82, 2.24) is 14.7 Å². The zero-order chi connectivity index (χ0) is 21.3. The van der Waals surface area contributed by atoms with Gasteiger partial charge in [-0.15, -0.1) is 0 Å². The fraction of sp³-hybridized carbons (Fsp3) is 0.300. The first-order valence-corrected chi connectivity index (χ1v) is 11.0. The van der Waals surface area contributed by atoms with Crippen molar-refractivity contribution in [3.8, 4) is 5.75 Å². The highest BCUT2D eigenvalue weighted by Crippen LogP contribution is 2.24. The lowest BCUT2D eigenvalue weighted by atomic mass is 10.1. The molecular weight excluding hydrogens is 408 g/mol. The minimum Gasteiger partial charge on any atom is -0.497 e. The van der Waals surface area contributed by atoms with E-state index in [-0.39, 0.29) is 21.8 Å². The zero-order valence-corrected chi connectivity index (χ0v) is 17.2. The van der Waals surface area contributed by atoms with Crippen LogP contribution in [0.1, 0.15) is 12.8 Å². The number of hydrogen-bond donors (Lipinski definition) is 3. The molecule has 1 saturated heterocycles. The summed E-state index contributed by atoms with van der Waals surface area (Å²) in [5.74, 6) is 0.791. The molecule has 0 saturated carbocycles. The standard InChI is InChI=1S/C20H22N4O5S/c1-29-15-4-2-14(3-5-15)24-10-8-13(9-11-24)23-30(27,28)16-6-7-18-17(12-16)19(25)22-20(26)21-18/h2-7,12-13,23H,8-11H2,1H3,(H2,21,22,25,26). The van der Waals surface area contributed by atoms with E-state index in [1.165, 1.54) is 18.2 Å². The van der Waals surface area contributed by atoms with Crippen molar-refractivity contribution in [1.29, 1.82) is 0 Å². The summed E-state index contributed by atoms with van der Waals surface area (Å²) < 4.78 is 33.6. The molecule has 1 aliphatic rings. The van der Waals surface area contributed by atoms with Crippen molar-refractivity contribution in [2.45, 2.75) is 23.8 Å². The molecule has 158 valence electrons. The maximum Gasteiger partial charge on any atom is 0.326 e. The van der Waals surface area contributed by atoms with Crippen LogP contribution in [0.15, 0.2) is 56.9 Å². The van der Waals surface area contributed by atoms with Crippen LogP contribution >= 0.6 is 0 Å². The third-order valence-corrected chi connectivity index (χ3v) is 6.79. The van der Waals surface area contributed by atoms with Crippen molar-refractivity contribution in [3.05, 3.63) is 63.3 Å². The van der Waals surface area contributed by atoms with Crippen molar-refractivity contribution >= 4 is 26.6 Å². The van der Waals surface area contributed by atoms with E-state index in [4.69, 9.17) is 4.74 Å². The van der Waals surface area contributed by atoms with Gasteiger partial charge in [-0.25, -0.2) is 17.9 Å². The minimum atomic E-state index is -3.80. The molecule has 0 spiro atoms. The number of fused-ring (bicyclic) bond motifs is 1. The average molecular weight is 430 g/mol. The van der Waals surface area contributed by atoms with Gasteiger partial charge in [0.2, 0.25) is 10.0 Å². The summed E-state index contributed by atoms with van der Waals surface area (Å²) in [6.45, 7) is 1.44. The van der Waals surface area contributed by atoms with Crippen molar-refractivity contribution < 1.29 is 13.2 Å². The molecule has 0 bridgehead atoms. The molecule has 4 rings (SSSR count). The molecule has 0 amide bonds. The van der Waals surface area contributed by atoms with Gasteiger partial charge in [-0.3, -0.25) is 9.78 Å². The molecule has 30 heavy (non-hydrogen) atoms. The molecule has 9 nitrogen and oxygen atoms in total. The number of aromatic nitrogens is 2. The monoisotopic (exact) mass is 430 g/mol. The lowest BCUT2D eigenvalue weighted by molar-refractivity contribution is 0.414. The maximum absolute atomic E-state index is 12.8. The second kappa shape index (κ2) is 7.96. The maximum atomic E-state index is 12.8. The van der Waals surface area contributed by atoms with Crippen LogP contribution in [0.4, 0.5) is 5.69 Å². The van der Waals surface area contributed by atoms with Gasteiger partial charge < -0.3 is 14.6 Å². The Balaban J connectivity index is 1.46. The van der Waals surface area contributed by atoms with Crippen molar-refractivity contribution in [2.75, 3.05) is 25.1 Å². The van der Waals surface area contributed by atoms with E-state index in [1.807, 2.05) is 24.3 Å². The van der Waals surface area contributed by atoms with E-state index in [2.05, 4.69) is 19.6 Å². The Morgan fingerprint density at radius 3 is 2.40 bits per heavy atom. The van der Waals surface area contributed by atoms with E-state index >= 15 is 0 Å². The number of benzene rings is 2. The number of hydrogen-bond acceptors (Lipinski definition) is 6. The molecule has 1 aliphatic heterocycles. The van der Waals surface area contributed by atoms with Crippen LogP contribution in [0, 0.1) is 0 Å². The van der Waals surface area contributed by atoms with E-state index in [9.17, 15) is 18.0 Å². The first-order valence-electron chi connectivity index (χ1n) is 9.53. The molecule has 0 radical (unpaired) electrons. The predicted octanol–water partition coefficient (Wildman–Crippen LogP) is 1.17. The summed E-state index contributed by atoms with van der Waals surface area (Å²) in [6, 6.07) is 11.7. The molecule has 10 heteroatoms. The molecule has 2 heterocycles. The number of anilines is 1. The number of nitrogens with one attached hydrogen (secondary N) is 3. The Labute approximate surface area is 172 Å². The summed E-state index contributed by atoms with van der Waals surface area (Å²) in [4.78, 5) is 30.1. The van der Waals surface area contributed by atoms with E-state index in [1.54, 1.807) is 7.11 Å². The number of sulfonamides is 1. The molecular formula is C20H22N4O5S. The van der Waals surface area contributed by atoms with Crippen molar-refractivity contribution in [3.63, 3.8) is 0 Å². The normalized spacial score (nSPS) is 15.4. The highest BCUT2D eigenvalue weighted by Gasteiger charge is 2.25. The van der Waals surface area contributed by atoms with E-state index in [0.29, 0.717) is 12.8 Å². The summed E-state index contributed by atoms with van der Waals surface area (Å²) >= 11 is 0. The molecule has 3 aromatic rings. The first-order chi connectivity index (χ1) is 14.4. The Morgan fingerprint density at radius 1 is 1.03 bits per heavy atom. The Bertz CT molecular complexity index is 1270. The van der Waals surface area contributed by atoms with E-state index in [0.717, 1.165) is 24.5 Å². The number of ether oxygens (including phenoxy) is 1. The molecule has 0 atom stereocenters. The summed E-state index contributed by atoms with van der Waals surface area (Å²) in [6.07, 6.45) is 1.32. The van der Waals surface area contributed by atoms with Gasteiger partial charge in [0.1, 0.15) is 5.75 Å². The molecule has 0 unspecified atom stereocenters. The van der Waals surface area contributed by atoms with Crippen LogP contribution in [0.25, 0.3) is 10.9 Å². The third kappa shape index (κ3) is 4.10. The lowest BCUT2D eigenvalue weighted by Gasteiger charge is -2.33. The van der Waals surface area contributed by atoms with Crippen LogP contribution in [0.2, 0.25) is 0 Å². The number of nitrogens with zero attached hydrogens (tertiary/aromatic N) is 1. The van der Waals surface area contributed by atoms with Gasteiger partial charge in [-0.05, 0) is 55.3 Å². The van der Waals surface area contributed by atoms with Crippen LogP contribution in [-0.4, -0.2) is 44.6 Å². The number of H-pyrrole nitrogens is 2. The smallest absolute Gasteiger partial charge is 0.326 e. The molecule has 0 aliphatic carbocycles. The minimum absolute atomic E-state index is 0.00914. The van der Waals surface area contributed by atoms with Gasteiger partial charge in [0.05, 0.1) is 22.9 Å². The largest absolute Gasteiger partial charge is 0.497 e. The van der Waals surface area contributed by atoms with Crippen LogP contribution < -0.4 is 25.6 Å². The number of rotatable bonds is 5. The average Bonchev–Trinajstić information content (AvgIpc) is 2.74. The Hall–Kier alpha value is -3.11. The fourth-order valence-corrected chi connectivity index (χ4v) is 4.98.